The quantitative estimate of drug-likeness (QED) is 0.759. The molecule has 0 bridgehead atoms. The topological polar surface area (TPSA) is 61.3 Å². The molecule has 96 valence electrons. The second kappa shape index (κ2) is 6.39. The van der Waals surface area contributed by atoms with Crippen LogP contribution in [0, 0.1) is 5.92 Å². The molecule has 1 saturated heterocycles. The highest BCUT2D eigenvalue weighted by atomic mass is 16.3. The van der Waals surface area contributed by atoms with Gasteiger partial charge in [0.05, 0.1) is 0 Å². The normalized spacial score (nSPS) is 15.1. The molecule has 1 aliphatic rings. The van der Waals surface area contributed by atoms with Gasteiger partial charge in [0.15, 0.2) is 0 Å². The van der Waals surface area contributed by atoms with E-state index in [1.807, 2.05) is 6.07 Å². The molecule has 1 aromatic rings. The van der Waals surface area contributed by atoms with Crippen LogP contribution in [0.4, 0.5) is 11.8 Å². The Kier molecular flexibility index (Phi) is 5.15. The monoisotopic (exact) mass is 238 g/mol. The average Bonchev–Trinajstić information content (AvgIpc) is 2.26. The van der Waals surface area contributed by atoms with E-state index in [-0.39, 0.29) is 14.0 Å². The smallest absolute Gasteiger partial charge is 0.224 e. The van der Waals surface area contributed by atoms with Crippen LogP contribution in [0.2, 0.25) is 0 Å². The zero-order valence-corrected chi connectivity index (χ0v) is 9.56. The summed E-state index contributed by atoms with van der Waals surface area (Å²) in [5.74, 6) is 2.39. The highest BCUT2D eigenvalue weighted by Crippen LogP contribution is 2.22. The van der Waals surface area contributed by atoms with Crippen molar-refractivity contribution in [1.29, 1.82) is 0 Å². The van der Waals surface area contributed by atoms with Crippen molar-refractivity contribution in [3.63, 3.8) is 0 Å². The maximum absolute atomic E-state index is 8.67. The first-order valence-corrected chi connectivity index (χ1v) is 5.72. The molecule has 0 atom stereocenters. The first-order valence-electron chi connectivity index (χ1n) is 5.72. The fourth-order valence-corrected chi connectivity index (χ4v) is 1.78. The van der Waals surface area contributed by atoms with Crippen molar-refractivity contribution in [2.75, 3.05) is 36.5 Å². The number of aliphatic hydroxyl groups is 1. The highest BCUT2D eigenvalue weighted by molar-refractivity contribution is 5.44. The van der Waals surface area contributed by atoms with E-state index < -0.39 is 0 Å². The largest absolute Gasteiger partial charge is 0.396 e. The van der Waals surface area contributed by atoms with Crippen LogP contribution < -0.4 is 10.2 Å². The summed E-state index contributed by atoms with van der Waals surface area (Å²) in [5, 5.41) is 11.8. The minimum atomic E-state index is 0. The zero-order valence-electron chi connectivity index (χ0n) is 9.56. The molecule has 0 spiro atoms. The summed E-state index contributed by atoms with van der Waals surface area (Å²) in [4.78, 5) is 10.8. The molecule has 5 heteroatoms. The first-order chi connectivity index (χ1) is 7.79. The molecule has 2 heterocycles. The van der Waals surface area contributed by atoms with Gasteiger partial charge in [-0.15, -0.1) is 0 Å². The van der Waals surface area contributed by atoms with Crippen LogP contribution in [-0.2, 0) is 0 Å². The predicted molar refractivity (Wildman–Crippen MR) is 70.3 cm³/mol. The minimum Gasteiger partial charge on any atom is -0.396 e. The summed E-state index contributed by atoms with van der Waals surface area (Å²) in [5.41, 5.74) is 0. The Hall–Kier alpha value is -1.36. The minimum absolute atomic E-state index is 0. The molecule has 2 rings (SSSR count). The number of hydrogen-bond acceptors (Lipinski definition) is 5. The van der Waals surface area contributed by atoms with Crippen LogP contribution in [0.3, 0.4) is 0 Å². The van der Waals surface area contributed by atoms with Gasteiger partial charge in [0.25, 0.3) is 0 Å². The number of nitrogens with zero attached hydrogens (tertiary/aromatic N) is 3. The van der Waals surface area contributed by atoms with Crippen molar-refractivity contribution in [1.82, 2.24) is 9.97 Å². The van der Waals surface area contributed by atoms with Gasteiger partial charge < -0.3 is 15.3 Å². The van der Waals surface area contributed by atoms with E-state index >= 15 is 0 Å². The maximum Gasteiger partial charge on any atom is 0.224 e. The molecule has 0 saturated carbocycles. The molecule has 1 fully saturated rings. The van der Waals surface area contributed by atoms with Crippen molar-refractivity contribution >= 4 is 11.8 Å². The van der Waals surface area contributed by atoms with Crippen molar-refractivity contribution in [2.24, 2.45) is 5.92 Å². The molecular formula is C12H22N4O. The number of hydrogen-bond donors (Lipinski definition) is 2. The lowest BCUT2D eigenvalue weighted by Gasteiger charge is -2.38. The summed E-state index contributed by atoms with van der Waals surface area (Å²) in [6.07, 6.45) is 2.49. The van der Waals surface area contributed by atoms with Crippen LogP contribution >= 0.6 is 0 Å². The van der Waals surface area contributed by atoms with Crippen LogP contribution in [0.1, 0.15) is 20.8 Å². The molecule has 17 heavy (non-hydrogen) atoms. The van der Waals surface area contributed by atoms with Gasteiger partial charge in [-0.25, -0.2) is 4.98 Å². The van der Waals surface area contributed by atoms with E-state index in [9.17, 15) is 0 Å². The fraction of sp³-hybridized carbons (Fsp3) is 0.667. The lowest BCUT2D eigenvalue weighted by atomic mass is 10.0. The lowest BCUT2D eigenvalue weighted by molar-refractivity contribution is 0.292. The Morgan fingerprint density at radius 2 is 2.29 bits per heavy atom. The molecule has 0 radical (unpaired) electrons. The predicted octanol–water partition coefficient (Wildman–Crippen LogP) is 1.36. The number of aromatic nitrogens is 2. The molecule has 0 aromatic carbocycles. The Labute approximate surface area is 103 Å². The molecule has 1 aromatic heterocycles. The summed E-state index contributed by atoms with van der Waals surface area (Å²) < 4.78 is 0. The SMILES string of the molecule is C.CC1CN(c2ccnc(NCCCO)n2)C1. The molecule has 1 aliphatic heterocycles. The van der Waals surface area contributed by atoms with E-state index in [1.165, 1.54) is 0 Å². The first kappa shape index (κ1) is 13.7. The molecule has 5 nitrogen and oxygen atoms in total. The van der Waals surface area contributed by atoms with E-state index in [4.69, 9.17) is 5.11 Å². The third-order valence-electron chi connectivity index (χ3n) is 2.65. The van der Waals surface area contributed by atoms with Gasteiger partial charge in [0.2, 0.25) is 5.95 Å². The maximum atomic E-state index is 8.67. The Balaban J connectivity index is 0.00000144. The van der Waals surface area contributed by atoms with Gasteiger partial charge in [0.1, 0.15) is 5.82 Å². The third-order valence-corrected chi connectivity index (χ3v) is 2.65. The number of anilines is 2. The Morgan fingerprint density at radius 1 is 1.53 bits per heavy atom. The van der Waals surface area contributed by atoms with Crippen LogP contribution in [0.5, 0.6) is 0 Å². The summed E-state index contributed by atoms with van der Waals surface area (Å²) >= 11 is 0. The van der Waals surface area contributed by atoms with Crippen molar-refractivity contribution in [2.45, 2.75) is 20.8 Å². The summed E-state index contributed by atoms with van der Waals surface area (Å²) in [7, 11) is 0. The van der Waals surface area contributed by atoms with E-state index in [2.05, 4.69) is 27.1 Å². The Morgan fingerprint density at radius 3 is 2.94 bits per heavy atom. The van der Waals surface area contributed by atoms with Gasteiger partial charge in [-0.3, -0.25) is 0 Å². The van der Waals surface area contributed by atoms with E-state index in [1.54, 1.807) is 6.20 Å². The fourth-order valence-electron chi connectivity index (χ4n) is 1.78. The Bertz CT molecular complexity index is 339. The molecule has 0 unspecified atom stereocenters. The van der Waals surface area contributed by atoms with Gasteiger partial charge >= 0.3 is 0 Å². The third kappa shape index (κ3) is 3.56. The van der Waals surface area contributed by atoms with Gasteiger partial charge in [0, 0.05) is 32.4 Å². The molecular weight excluding hydrogens is 216 g/mol. The summed E-state index contributed by atoms with van der Waals surface area (Å²) in [6.45, 7) is 5.28. The average molecular weight is 238 g/mol. The second-order valence-corrected chi connectivity index (χ2v) is 4.25. The summed E-state index contributed by atoms with van der Waals surface area (Å²) in [6, 6.07) is 1.93. The van der Waals surface area contributed by atoms with Crippen molar-refractivity contribution < 1.29 is 5.11 Å². The molecule has 0 amide bonds. The van der Waals surface area contributed by atoms with Crippen molar-refractivity contribution in [3.8, 4) is 0 Å². The van der Waals surface area contributed by atoms with E-state index in [0.717, 1.165) is 24.8 Å². The van der Waals surface area contributed by atoms with Gasteiger partial charge in [-0.05, 0) is 18.4 Å². The molecule has 2 N–H and O–H groups in total. The van der Waals surface area contributed by atoms with Gasteiger partial charge in [-0.1, -0.05) is 14.4 Å². The second-order valence-electron chi connectivity index (χ2n) is 4.25. The number of rotatable bonds is 5. The standard InChI is InChI=1S/C11H18N4O.CH4/c1-9-7-15(8-9)10-3-5-13-11(14-10)12-4-2-6-16;/h3,5,9,16H,2,4,6-8H2,1H3,(H,12,13,14);1H4. The van der Waals surface area contributed by atoms with Crippen LogP contribution in [0.15, 0.2) is 12.3 Å². The van der Waals surface area contributed by atoms with Gasteiger partial charge in [-0.2, -0.15) is 4.98 Å². The molecule has 0 aliphatic carbocycles. The highest BCUT2D eigenvalue weighted by Gasteiger charge is 2.23. The van der Waals surface area contributed by atoms with Crippen LogP contribution in [-0.4, -0.2) is 41.3 Å². The zero-order chi connectivity index (χ0) is 11.4. The van der Waals surface area contributed by atoms with E-state index in [0.29, 0.717) is 18.9 Å². The number of nitrogens with one attached hydrogen (secondary N) is 1. The lowest BCUT2D eigenvalue weighted by Crippen LogP contribution is -2.45. The number of aliphatic hydroxyl groups excluding tert-OH is 1. The van der Waals surface area contributed by atoms with Crippen LogP contribution in [0.25, 0.3) is 0 Å². The van der Waals surface area contributed by atoms with Crippen molar-refractivity contribution in [3.05, 3.63) is 12.3 Å².